The molecule has 0 N–H and O–H groups in total. The topological polar surface area (TPSA) is 139 Å². The molecule has 0 radical (unpaired) electrons. The van der Waals surface area contributed by atoms with Gasteiger partial charge in [0.1, 0.15) is 0 Å². The Balaban J connectivity index is -0.0000000379. The Morgan fingerprint density at radius 1 is 0.414 bits per heavy atom. The summed E-state index contributed by atoms with van der Waals surface area (Å²) in [6.07, 6.45) is 4.36. The maximum Gasteiger partial charge on any atom is 0 e. The maximum atomic E-state index is 7.50. The second-order valence-corrected chi connectivity index (χ2v) is 3.13. The van der Waals surface area contributed by atoms with Gasteiger partial charge in [-0.3, -0.25) is 0 Å². The van der Waals surface area contributed by atoms with E-state index in [0.29, 0.717) is 0 Å². The number of benzene rings is 2. The van der Waals surface area contributed by atoms with Crippen LogP contribution in [-0.4, -0.2) is 0 Å². The van der Waals surface area contributed by atoms with E-state index in [1.807, 2.05) is 0 Å². The molecule has 1 aliphatic carbocycles. The second-order valence-electron chi connectivity index (χ2n) is 3.13. The van der Waals surface area contributed by atoms with E-state index in [9.17, 15) is 0 Å². The molecule has 2 aromatic rings. The van der Waals surface area contributed by atoms with Crippen molar-refractivity contribution in [2.45, 2.75) is 0 Å². The van der Waals surface area contributed by atoms with Crippen molar-refractivity contribution in [2.24, 2.45) is 0 Å². The molecule has 2 aromatic carbocycles. The molecule has 0 bridgehead atoms. The third-order valence-corrected chi connectivity index (χ3v) is 2.41. The first-order valence-electron chi connectivity index (χ1n) is 5.58. The minimum Gasteiger partial charge on any atom is 0 e. The monoisotopic (exact) mass is 654 g/mol. The van der Waals surface area contributed by atoms with E-state index in [4.69, 9.17) is 32.6 Å². The summed E-state index contributed by atoms with van der Waals surface area (Å²) in [5, 5.41) is 2.75. The summed E-state index contributed by atoms with van der Waals surface area (Å²) < 4.78 is 52.5. The Morgan fingerprint density at radius 3 is 0.897 bits per heavy atom. The minimum atomic E-state index is 0. The molecule has 0 amide bonds. The first-order chi connectivity index (χ1) is 12.9. The molecule has 29 heavy (non-hydrogen) atoms. The fraction of sp³-hybridized carbons (Fsp3) is 0. The maximum absolute atomic E-state index is 7.50. The van der Waals surface area contributed by atoms with Gasteiger partial charge in [0.15, 0.2) is 0 Å². The quantitative estimate of drug-likeness (QED) is 0.201. The number of rotatable bonds is 0. The molecular weight excluding hydrogens is 643 g/mol. The molecule has 0 heterocycles. The van der Waals surface area contributed by atoms with Crippen molar-refractivity contribution in [3.8, 4) is 0 Å². The Hall–Kier alpha value is -1.51. The van der Waals surface area contributed by atoms with Crippen molar-refractivity contribution in [2.75, 3.05) is 0 Å². The zero-order chi connectivity index (χ0) is 22.0. The summed E-state index contributed by atoms with van der Waals surface area (Å²) in [6.45, 7) is 31.5. The van der Waals surface area contributed by atoms with E-state index in [-0.39, 0.29) is 58.4 Å². The van der Waals surface area contributed by atoms with Gasteiger partial charge in [0.2, 0.25) is 0 Å². The zero-order valence-corrected chi connectivity index (χ0v) is 19.3. The van der Waals surface area contributed by atoms with Crippen LogP contribution in [0.3, 0.4) is 0 Å². The molecule has 7 nitrogen and oxygen atoms in total. The van der Waals surface area contributed by atoms with Crippen LogP contribution in [0, 0.1) is 46.6 Å². The second kappa shape index (κ2) is 50.3. The van der Waals surface area contributed by atoms with Crippen LogP contribution >= 0.6 is 0 Å². The van der Waals surface area contributed by atoms with Gasteiger partial charge in [-0.1, -0.05) is 48.6 Å². The van der Waals surface area contributed by atoms with Crippen LogP contribution in [0.25, 0.3) is 22.9 Å². The summed E-state index contributed by atoms with van der Waals surface area (Å²) in [5.74, 6) is 0. The minimum absolute atomic E-state index is 0. The van der Waals surface area contributed by atoms with Crippen LogP contribution in [-0.2, 0) is 91.0 Å². The Morgan fingerprint density at radius 2 is 0.655 bits per heavy atom. The van der Waals surface area contributed by atoms with Gasteiger partial charge in [0.25, 0.3) is 0 Å². The molecule has 0 saturated heterocycles. The molecule has 3 rings (SSSR count). The molecule has 0 unspecified atom stereocenters. The predicted molar refractivity (Wildman–Crippen MR) is 80.4 cm³/mol. The summed E-state index contributed by atoms with van der Waals surface area (Å²) in [4.78, 5) is 0. The van der Waals surface area contributed by atoms with Crippen LogP contribution in [0.15, 0.2) is 36.4 Å². The Kier molecular flexibility index (Phi) is 88.2. The van der Waals surface area contributed by atoms with Gasteiger partial charge in [0, 0.05) is 58.4 Å². The van der Waals surface area contributed by atoms with Gasteiger partial charge in [-0.25, -0.2) is 0 Å². The normalized spacial score (nSPS) is 5.72. The summed E-state index contributed by atoms with van der Waals surface area (Å²) in [5.41, 5.74) is 2.70. The fourth-order valence-electron chi connectivity index (χ4n) is 1.86. The van der Waals surface area contributed by atoms with Crippen LogP contribution in [0.1, 0.15) is 11.1 Å². The van der Waals surface area contributed by atoms with Gasteiger partial charge in [0.05, 0.1) is 0 Å². The SMILES string of the molecule is C1=Cc2cccc3cccc1c23.[C-]#[O+].[C-]#[O+].[C-]#[O+].[C-]#[O+].[C-]#[O+].[C-]#[O+].[C-]#[O+].[Ru].[Ru].[Ru]. The average Bonchev–Trinajstić information content (AvgIpc) is 3.23. The van der Waals surface area contributed by atoms with E-state index in [2.05, 4.69) is 95.1 Å². The molecule has 0 spiro atoms. The summed E-state index contributed by atoms with van der Waals surface area (Å²) >= 11 is 0. The van der Waals surface area contributed by atoms with Gasteiger partial charge in [-0.15, -0.1) is 0 Å². The Labute approximate surface area is 207 Å². The van der Waals surface area contributed by atoms with E-state index in [1.165, 1.54) is 21.9 Å². The first-order valence-corrected chi connectivity index (χ1v) is 5.58. The van der Waals surface area contributed by atoms with E-state index < -0.39 is 0 Å². The summed E-state index contributed by atoms with van der Waals surface area (Å²) in [7, 11) is 0. The number of hydrogen-bond acceptors (Lipinski definition) is 0. The molecule has 1 aliphatic rings. The molecule has 150 valence electrons. The molecular formula is C19H8O7Ru3. The average molecular weight is 651 g/mol. The molecule has 0 aliphatic heterocycles. The smallest absolute Gasteiger partial charge is 0 e. The molecule has 0 fully saturated rings. The predicted octanol–water partition coefficient (Wildman–Crippen LogP) is 3.05. The van der Waals surface area contributed by atoms with E-state index in [0.717, 1.165) is 0 Å². The van der Waals surface area contributed by atoms with Gasteiger partial charge in [-0.05, 0) is 21.9 Å². The Bertz CT molecular complexity index is 687. The van der Waals surface area contributed by atoms with Crippen molar-refractivity contribution in [1.29, 1.82) is 0 Å². The number of hydrogen-bond donors (Lipinski definition) is 0. The standard InChI is InChI=1S/C12H8.7CO.3Ru/c1-3-9-4-2-6-11-8-7-10(5-1)12(9)11;7*1-2;;;/h1-8H;;;;;;;;;;. The van der Waals surface area contributed by atoms with Gasteiger partial charge >= 0.3 is 79.1 Å². The van der Waals surface area contributed by atoms with Crippen LogP contribution in [0.4, 0.5) is 0 Å². The summed E-state index contributed by atoms with van der Waals surface area (Å²) in [6, 6.07) is 12.9. The first kappa shape index (κ1) is 50.8. The van der Waals surface area contributed by atoms with Crippen LogP contribution in [0.2, 0.25) is 0 Å². The van der Waals surface area contributed by atoms with Gasteiger partial charge < -0.3 is 0 Å². The molecule has 0 aromatic heterocycles. The van der Waals surface area contributed by atoms with Crippen molar-refractivity contribution < 1.29 is 91.0 Å². The third-order valence-electron chi connectivity index (χ3n) is 2.41. The van der Waals surface area contributed by atoms with E-state index in [1.54, 1.807) is 0 Å². The van der Waals surface area contributed by atoms with Crippen LogP contribution in [0.5, 0.6) is 0 Å². The molecule has 0 saturated carbocycles. The third kappa shape index (κ3) is 21.0. The molecule has 0 atom stereocenters. The van der Waals surface area contributed by atoms with Crippen molar-refractivity contribution in [3.63, 3.8) is 0 Å². The van der Waals surface area contributed by atoms with Crippen molar-refractivity contribution >= 4 is 22.9 Å². The van der Waals surface area contributed by atoms with Crippen LogP contribution < -0.4 is 0 Å². The largest absolute Gasteiger partial charge is 0 e. The van der Waals surface area contributed by atoms with E-state index >= 15 is 0 Å². The van der Waals surface area contributed by atoms with Crippen molar-refractivity contribution in [3.05, 3.63) is 94.1 Å². The fourth-order valence-corrected chi connectivity index (χ4v) is 1.86. The van der Waals surface area contributed by atoms with Crippen molar-refractivity contribution in [1.82, 2.24) is 0 Å². The zero-order valence-electron chi connectivity index (χ0n) is 14.0. The van der Waals surface area contributed by atoms with Gasteiger partial charge in [-0.2, -0.15) is 0 Å². The molecule has 10 heteroatoms.